The Morgan fingerprint density at radius 3 is 2.80 bits per heavy atom. The topological polar surface area (TPSA) is 40.5 Å². The van der Waals surface area contributed by atoms with Crippen LogP contribution < -0.4 is 0 Å². The van der Waals surface area contributed by atoms with Gasteiger partial charge in [0.25, 0.3) is 0 Å². The van der Waals surface area contributed by atoms with Crippen molar-refractivity contribution in [2.75, 3.05) is 13.1 Å². The molecule has 0 amide bonds. The molecule has 1 unspecified atom stereocenters. The highest BCUT2D eigenvalue weighted by atomic mass is 16.4. The standard InChI is InChI=1S/C12H21NO2/c1-3-11(12(14)15)7-9-13-8-5-4-6-10(13)2/h7,10H,3-6,8-9H2,1-2H3,(H,14,15). The molecule has 15 heavy (non-hydrogen) atoms. The quantitative estimate of drug-likeness (QED) is 0.725. The highest BCUT2D eigenvalue weighted by Crippen LogP contribution is 2.16. The van der Waals surface area contributed by atoms with Crippen LogP contribution in [0.5, 0.6) is 0 Å². The number of carboxylic acid groups (broad SMARTS) is 1. The number of hydrogen-bond donors (Lipinski definition) is 1. The van der Waals surface area contributed by atoms with Gasteiger partial charge in [-0.05, 0) is 32.7 Å². The molecule has 3 nitrogen and oxygen atoms in total. The van der Waals surface area contributed by atoms with Gasteiger partial charge in [0.15, 0.2) is 0 Å². The first kappa shape index (κ1) is 12.2. The van der Waals surface area contributed by atoms with E-state index in [4.69, 9.17) is 5.11 Å². The predicted octanol–water partition coefficient (Wildman–Crippen LogP) is 2.28. The van der Waals surface area contributed by atoms with Crippen molar-refractivity contribution in [3.05, 3.63) is 11.6 Å². The van der Waals surface area contributed by atoms with Gasteiger partial charge in [0, 0.05) is 18.2 Å². The summed E-state index contributed by atoms with van der Waals surface area (Å²) in [6.45, 7) is 6.00. The molecule has 1 fully saturated rings. The fraction of sp³-hybridized carbons (Fsp3) is 0.750. The van der Waals surface area contributed by atoms with Crippen molar-refractivity contribution in [1.29, 1.82) is 0 Å². The zero-order chi connectivity index (χ0) is 11.3. The highest BCUT2D eigenvalue weighted by molar-refractivity contribution is 5.86. The molecule has 3 heteroatoms. The molecule has 0 radical (unpaired) electrons. The van der Waals surface area contributed by atoms with E-state index in [0.29, 0.717) is 18.0 Å². The van der Waals surface area contributed by atoms with Gasteiger partial charge in [-0.1, -0.05) is 19.4 Å². The summed E-state index contributed by atoms with van der Waals surface area (Å²) in [7, 11) is 0. The number of piperidine rings is 1. The summed E-state index contributed by atoms with van der Waals surface area (Å²) < 4.78 is 0. The zero-order valence-electron chi connectivity index (χ0n) is 9.70. The van der Waals surface area contributed by atoms with Gasteiger partial charge >= 0.3 is 5.97 Å². The summed E-state index contributed by atoms with van der Waals surface area (Å²) in [4.78, 5) is 13.2. The zero-order valence-corrected chi connectivity index (χ0v) is 9.70. The second-order valence-corrected chi connectivity index (χ2v) is 4.23. The molecule has 0 aliphatic carbocycles. The van der Waals surface area contributed by atoms with Gasteiger partial charge in [0.2, 0.25) is 0 Å². The molecule has 0 bridgehead atoms. The van der Waals surface area contributed by atoms with Crippen LogP contribution in [0.4, 0.5) is 0 Å². The minimum atomic E-state index is -0.776. The Kier molecular flexibility index (Phi) is 4.82. The lowest BCUT2D eigenvalue weighted by molar-refractivity contribution is -0.132. The lowest BCUT2D eigenvalue weighted by Gasteiger charge is -2.32. The average molecular weight is 211 g/mol. The molecule has 1 heterocycles. The molecule has 1 aliphatic rings. The number of nitrogens with zero attached hydrogens (tertiary/aromatic N) is 1. The Bertz CT molecular complexity index is 248. The molecule has 1 N–H and O–H groups in total. The van der Waals surface area contributed by atoms with Crippen LogP contribution >= 0.6 is 0 Å². The Balaban J connectivity index is 2.49. The number of hydrogen-bond acceptors (Lipinski definition) is 2. The van der Waals surface area contributed by atoms with Gasteiger partial charge in [-0.15, -0.1) is 0 Å². The van der Waals surface area contributed by atoms with Crippen LogP contribution in [0.1, 0.15) is 39.5 Å². The number of carbonyl (C=O) groups is 1. The molecule has 0 saturated carbocycles. The van der Waals surface area contributed by atoms with E-state index in [-0.39, 0.29) is 0 Å². The van der Waals surface area contributed by atoms with Crippen molar-refractivity contribution in [2.24, 2.45) is 0 Å². The average Bonchev–Trinajstić information content (AvgIpc) is 2.21. The van der Waals surface area contributed by atoms with Gasteiger partial charge in [-0.25, -0.2) is 4.79 Å². The van der Waals surface area contributed by atoms with Crippen molar-refractivity contribution < 1.29 is 9.90 Å². The van der Waals surface area contributed by atoms with Crippen LogP contribution in [0.3, 0.4) is 0 Å². The van der Waals surface area contributed by atoms with E-state index in [9.17, 15) is 4.79 Å². The highest BCUT2D eigenvalue weighted by Gasteiger charge is 2.17. The predicted molar refractivity (Wildman–Crippen MR) is 60.9 cm³/mol. The Hall–Kier alpha value is -0.830. The normalized spacial score (nSPS) is 24.1. The first-order valence-corrected chi connectivity index (χ1v) is 5.81. The molecule has 0 aromatic rings. The van der Waals surface area contributed by atoms with Gasteiger partial charge in [0.1, 0.15) is 0 Å². The largest absolute Gasteiger partial charge is 0.478 e. The maximum atomic E-state index is 10.8. The summed E-state index contributed by atoms with van der Waals surface area (Å²) in [5.74, 6) is -0.776. The van der Waals surface area contributed by atoms with Crippen molar-refractivity contribution in [2.45, 2.75) is 45.6 Å². The number of rotatable bonds is 4. The molecule has 1 atom stereocenters. The Labute approximate surface area is 91.8 Å². The first-order chi connectivity index (χ1) is 7.15. The van der Waals surface area contributed by atoms with E-state index in [1.54, 1.807) is 0 Å². The smallest absolute Gasteiger partial charge is 0.331 e. The molecule has 86 valence electrons. The second-order valence-electron chi connectivity index (χ2n) is 4.23. The molecule has 1 rings (SSSR count). The third kappa shape index (κ3) is 3.67. The van der Waals surface area contributed by atoms with Gasteiger partial charge in [-0.3, -0.25) is 4.90 Å². The fourth-order valence-corrected chi connectivity index (χ4v) is 2.04. The van der Waals surface area contributed by atoms with Crippen molar-refractivity contribution in [3.8, 4) is 0 Å². The van der Waals surface area contributed by atoms with Crippen molar-refractivity contribution >= 4 is 5.97 Å². The van der Waals surface area contributed by atoms with Crippen LogP contribution in [-0.4, -0.2) is 35.1 Å². The Morgan fingerprint density at radius 1 is 1.53 bits per heavy atom. The van der Waals surface area contributed by atoms with E-state index in [2.05, 4.69) is 11.8 Å². The first-order valence-electron chi connectivity index (χ1n) is 5.81. The van der Waals surface area contributed by atoms with E-state index in [1.165, 1.54) is 19.3 Å². The molecular formula is C12H21NO2. The molecule has 0 spiro atoms. The number of likely N-dealkylation sites (tertiary alicyclic amines) is 1. The molecule has 0 aromatic heterocycles. The molecule has 0 aromatic carbocycles. The van der Waals surface area contributed by atoms with E-state index in [0.717, 1.165) is 13.1 Å². The van der Waals surface area contributed by atoms with Gasteiger partial charge in [0.05, 0.1) is 0 Å². The number of aliphatic carboxylic acids is 1. The summed E-state index contributed by atoms with van der Waals surface area (Å²) >= 11 is 0. The third-order valence-corrected chi connectivity index (χ3v) is 3.17. The Morgan fingerprint density at radius 2 is 2.27 bits per heavy atom. The van der Waals surface area contributed by atoms with Crippen LogP contribution in [0, 0.1) is 0 Å². The SMILES string of the molecule is CCC(=CCN1CCCCC1C)C(=O)O. The molecular weight excluding hydrogens is 190 g/mol. The summed E-state index contributed by atoms with van der Waals surface area (Å²) in [6.07, 6.45) is 6.26. The summed E-state index contributed by atoms with van der Waals surface area (Å²) in [5, 5.41) is 8.88. The molecule has 1 saturated heterocycles. The second kappa shape index (κ2) is 5.91. The van der Waals surface area contributed by atoms with Crippen LogP contribution in [0.2, 0.25) is 0 Å². The fourth-order valence-electron chi connectivity index (χ4n) is 2.04. The minimum Gasteiger partial charge on any atom is -0.478 e. The lowest BCUT2D eigenvalue weighted by Crippen LogP contribution is -2.37. The summed E-state index contributed by atoms with van der Waals surface area (Å²) in [6, 6.07) is 0.599. The van der Waals surface area contributed by atoms with E-state index in [1.807, 2.05) is 13.0 Å². The van der Waals surface area contributed by atoms with Crippen LogP contribution in [0.25, 0.3) is 0 Å². The van der Waals surface area contributed by atoms with E-state index >= 15 is 0 Å². The monoisotopic (exact) mass is 211 g/mol. The minimum absolute atomic E-state index is 0.535. The van der Waals surface area contributed by atoms with Crippen molar-refractivity contribution in [1.82, 2.24) is 4.90 Å². The lowest BCUT2D eigenvalue weighted by atomic mass is 10.0. The van der Waals surface area contributed by atoms with Gasteiger partial charge < -0.3 is 5.11 Å². The number of carboxylic acids is 1. The maximum absolute atomic E-state index is 10.8. The third-order valence-electron chi connectivity index (χ3n) is 3.17. The maximum Gasteiger partial charge on any atom is 0.331 e. The van der Waals surface area contributed by atoms with Crippen molar-refractivity contribution in [3.63, 3.8) is 0 Å². The van der Waals surface area contributed by atoms with Gasteiger partial charge in [-0.2, -0.15) is 0 Å². The van der Waals surface area contributed by atoms with Crippen LogP contribution in [0.15, 0.2) is 11.6 Å². The summed E-state index contributed by atoms with van der Waals surface area (Å²) in [5.41, 5.74) is 0.535. The van der Waals surface area contributed by atoms with Crippen LogP contribution in [-0.2, 0) is 4.79 Å². The van der Waals surface area contributed by atoms with E-state index < -0.39 is 5.97 Å². The molecule has 1 aliphatic heterocycles.